The molecular formula is C17H23N3O2S. The van der Waals surface area contributed by atoms with Crippen molar-refractivity contribution in [1.82, 2.24) is 14.9 Å². The minimum absolute atomic E-state index is 0.0130. The van der Waals surface area contributed by atoms with Crippen LogP contribution in [0.1, 0.15) is 72.4 Å². The summed E-state index contributed by atoms with van der Waals surface area (Å²) in [6.45, 7) is 7.80. The molecule has 1 aliphatic rings. The van der Waals surface area contributed by atoms with Crippen LogP contribution in [0.15, 0.2) is 16.2 Å². The zero-order valence-corrected chi connectivity index (χ0v) is 14.7. The van der Waals surface area contributed by atoms with E-state index < -0.39 is 0 Å². The molecule has 2 aromatic heterocycles. The SMILES string of the molecule is CCc1ocnc1C(=O)N1CCCC(c2nc(C(C)C)cs2)C1. The Morgan fingerprint density at radius 1 is 1.52 bits per heavy atom. The van der Waals surface area contributed by atoms with Gasteiger partial charge in [0, 0.05) is 30.8 Å². The summed E-state index contributed by atoms with van der Waals surface area (Å²) in [6, 6.07) is 0. The molecule has 1 atom stereocenters. The Bertz CT molecular complexity index is 677. The Kier molecular flexibility index (Phi) is 4.80. The van der Waals surface area contributed by atoms with Crippen molar-refractivity contribution in [2.24, 2.45) is 0 Å². The Morgan fingerprint density at radius 3 is 3.04 bits per heavy atom. The van der Waals surface area contributed by atoms with Gasteiger partial charge in [0.2, 0.25) is 0 Å². The Hall–Kier alpha value is -1.69. The number of oxazole rings is 1. The first-order valence-corrected chi connectivity index (χ1v) is 9.15. The number of carbonyl (C=O) groups excluding carboxylic acids is 1. The first-order chi connectivity index (χ1) is 11.1. The van der Waals surface area contributed by atoms with E-state index in [1.165, 1.54) is 6.39 Å². The standard InChI is InChI=1S/C17H23N3O2S/c1-4-14-15(18-10-22-14)17(21)20-7-5-6-12(8-20)16-19-13(9-23-16)11(2)3/h9-12H,4-8H2,1-3H3. The van der Waals surface area contributed by atoms with E-state index in [2.05, 4.69) is 24.2 Å². The van der Waals surface area contributed by atoms with Crippen molar-refractivity contribution in [2.75, 3.05) is 13.1 Å². The van der Waals surface area contributed by atoms with Crippen LogP contribution in [0.25, 0.3) is 0 Å². The summed E-state index contributed by atoms with van der Waals surface area (Å²) in [6.07, 6.45) is 4.15. The molecule has 3 rings (SSSR count). The van der Waals surface area contributed by atoms with E-state index >= 15 is 0 Å². The lowest BCUT2D eigenvalue weighted by Gasteiger charge is -2.31. The third-order valence-electron chi connectivity index (χ3n) is 4.35. The number of likely N-dealkylation sites (tertiary alicyclic amines) is 1. The normalized spacial score (nSPS) is 18.6. The van der Waals surface area contributed by atoms with Crippen LogP contribution in [0, 0.1) is 0 Å². The van der Waals surface area contributed by atoms with E-state index in [1.54, 1.807) is 11.3 Å². The maximum Gasteiger partial charge on any atom is 0.276 e. The van der Waals surface area contributed by atoms with E-state index in [0.29, 0.717) is 29.7 Å². The second-order valence-corrected chi connectivity index (χ2v) is 7.22. The first kappa shape index (κ1) is 16.2. The molecular weight excluding hydrogens is 310 g/mol. The zero-order chi connectivity index (χ0) is 16.4. The van der Waals surface area contributed by atoms with E-state index in [-0.39, 0.29) is 5.91 Å². The highest BCUT2D eigenvalue weighted by atomic mass is 32.1. The van der Waals surface area contributed by atoms with Crippen molar-refractivity contribution in [3.05, 3.63) is 33.9 Å². The molecule has 2 aromatic rings. The van der Waals surface area contributed by atoms with Gasteiger partial charge in [-0.05, 0) is 18.8 Å². The largest absolute Gasteiger partial charge is 0.448 e. The first-order valence-electron chi connectivity index (χ1n) is 8.27. The molecule has 0 bridgehead atoms. The summed E-state index contributed by atoms with van der Waals surface area (Å²) in [5, 5.41) is 3.30. The molecule has 0 N–H and O–H groups in total. The van der Waals surface area contributed by atoms with Crippen LogP contribution in [0.4, 0.5) is 0 Å². The number of carbonyl (C=O) groups is 1. The maximum absolute atomic E-state index is 12.7. The number of nitrogens with zero attached hydrogens (tertiary/aromatic N) is 3. The highest BCUT2D eigenvalue weighted by Gasteiger charge is 2.29. The van der Waals surface area contributed by atoms with Gasteiger partial charge in [0.15, 0.2) is 12.1 Å². The fourth-order valence-electron chi connectivity index (χ4n) is 2.96. The fraction of sp³-hybridized carbons (Fsp3) is 0.588. The molecule has 6 heteroatoms. The molecule has 0 aromatic carbocycles. The number of rotatable bonds is 4. The number of aryl methyl sites for hydroxylation is 1. The number of aromatic nitrogens is 2. The summed E-state index contributed by atoms with van der Waals surface area (Å²) in [7, 11) is 0. The second kappa shape index (κ2) is 6.83. The van der Waals surface area contributed by atoms with Crippen LogP contribution < -0.4 is 0 Å². The number of hydrogen-bond donors (Lipinski definition) is 0. The Balaban J connectivity index is 1.74. The molecule has 0 aliphatic carbocycles. The quantitative estimate of drug-likeness (QED) is 0.853. The molecule has 1 aliphatic heterocycles. The second-order valence-electron chi connectivity index (χ2n) is 6.33. The molecule has 0 saturated carbocycles. The van der Waals surface area contributed by atoms with Gasteiger partial charge in [0.25, 0.3) is 5.91 Å². The minimum atomic E-state index is -0.0130. The zero-order valence-electron chi connectivity index (χ0n) is 13.9. The molecule has 124 valence electrons. The predicted octanol–water partition coefficient (Wildman–Crippen LogP) is 3.84. The molecule has 3 heterocycles. The van der Waals surface area contributed by atoms with E-state index in [1.807, 2.05) is 11.8 Å². The summed E-state index contributed by atoms with van der Waals surface area (Å²) in [5.41, 5.74) is 1.62. The molecule has 23 heavy (non-hydrogen) atoms. The molecule has 0 radical (unpaired) electrons. The molecule has 1 amide bonds. The van der Waals surface area contributed by atoms with E-state index in [9.17, 15) is 4.79 Å². The lowest BCUT2D eigenvalue weighted by Crippen LogP contribution is -2.39. The predicted molar refractivity (Wildman–Crippen MR) is 90.0 cm³/mol. The van der Waals surface area contributed by atoms with Crippen LogP contribution >= 0.6 is 11.3 Å². The lowest BCUT2D eigenvalue weighted by molar-refractivity contribution is 0.0699. The van der Waals surface area contributed by atoms with Gasteiger partial charge in [0.1, 0.15) is 5.76 Å². The average Bonchev–Trinajstić information content (AvgIpc) is 3.23. The van der Waals surface area contributed by atoms with E-state index in [4.69, 9.17) is 9.40 Å². The van der Waals surface area contributed by atoms with Crippen molar-refractivity contribution in [3.8, 4) is 0 Å². The molecule has 1 unspecified atom stereocenters. The van der Waals surface area contributed by atoms with Crippen LogP contribution in [0.3, 0.4) is 0 Å². The summed E-state index contributed by atoms with van der Waals surface area (Å²) < 4.78 is 5.30. The molecule has 0 spiro atoms. The van der Waals surface area contributed by atoms with Gasteiger partial charge in [-0.2, -0.15) is 0 Å². The fourth-order valence-corrected chi connectivity index (χ4v) is 4.07. The number of piperidine rings is 1. The van der Waals surface area contributed by atoms with Gasteiger partial charge in [0.05, 0.1) is 10.7 Å². The smallest absolute Gasteiger partial charge is 0.276 e. The average molecular weight is 333 g/mol. The monoisotopic (exact) mass is 333 g/mol. The van der Waals surface area contributed by atoms with Crippen molar-refractivity contribution in [3.63, 3.8) is 0 Å². The van der Waals surface area contributed by atoms with Crippen molar-refractivity contribution >= 4 is 17.2 Å². The topological polar surface area (TPSA) is 59.2 Å². The summed E-state index contributed by atoms with van der Waals surface area (Å²) >= 11 is 1.72. The van der Waals surface area contributed by atoms with Gasteiger partial charge in [-0.25, -0.2) is 9.97 Å². The highest BCUT2D eigenvalue weighted by molar-refractivity contribution is 7.09. The number of amides is 1. The van der Waals surface area contributed by atoms with E-state index in [0.717, 1.165) is 36.6 Å². The number of hydrogen-bond acceptors (Lipinski definition) is 5. The highest BCUT2D eigenvalue weighted by Crippen LogP contribution is 2.31. The lowest BCUT2D eigenvalue weighted by atomic mass is 9.98. The van der Waals surface area contributed by atoms with Crippen LogP contribution in [0.5, 0.6) is 0 Å². The Morgan fingerprint density at radius 2 is 2.35 bits per heavy atom. The van der Waals surface area contributed by atoms with Crippen molar-refractivity contribution in [2.45, 2.75) is 51.9 Å². The minimum Gasteiger partial charge on any atom is -0.448 e. The van der Waals surface area contributed by atoms with Gasteiger partial charge in [-0.1, -0.05) is 20.8 Å². The third kappa shape index (κ3) is 3.32. The van der Waals surface area contributed by atoms with Gasteiger partial charge in [-0.3, -0.25) is 4.79 Å². The Labute approximate surface area is 140 Å². The molecule has 1 saturated heterocycles. The number of thiazole rings is 1. The molecule has 5 nitrogen and oxygen atoms in total. The van der Waals surface area contributed by atoms with Gasteiger partial charge >= 0.3 is 0 Å². The summed E-state index contributed by atoms with van der Waals surface area (Å²) in [4.78, 5) is 23.5. The third-order valence-corrected chi connectivity index (χ3v) is 5.38. The molecule has 1 fully saturated rings. The van der Waals surface area contributed by atoms with Crippen molar-refractivity contribution < 1.29 is 9.21 Å². The van der Waals surface area contributed by atoms with Crippen LogP contribution in [-0.2, 0) is 6.42 Å². The summed E-state index contributed by atoms with van der Waals surface area (Å²) in [5.74, 6) is 1.44. The van der Waals surface area contributed by atoms with Crippen molar-refractivity contribution in [1.29, 1.82) is 0 Å². The van der Waals surface area contributed by atoms with Crippen LogP contribution in [0.2, 0.25) is 0 Å². The van der Waals surface area contributed by atoms with Gasteiger partial charge in [-0.15, -0.1) is 11.3 Å². The maximum atomic E-state index is 12.7. The van der Waals surface area contributed by atoms with Gasteiger partial charge < -0.3 is 9.32 Å². The van der Waals surface area contributed by atoms with Crippen LogP contribution in [-0.4, -0.2) is 33.9 Å².